The Balaban J connectivity index is 2.02. The molecule has 16 heavy (non-hydrogen) atoms. The molecule has 0 unspecified atom stereocenters. The van der Waals surface area contributed by atoms with Crippen molar-refractivity contribution in [3.63, 3.8) is 0 Å². The standard InChI is InChI=1S/C13H16O3/c14-13(5-8-15-9-6-13)11-3-1-2-10-4-7-16-12(10)11/h1-3,14H,4-9H2. The van der Waals surface area contributed by atoms with Gasteiger partial charge >= 0.3 is 0 Å². The zero-order valence-electron chi connectivity index (χ0n) is 9.24. The predicted molar refractivity (Wildman–Crippen MR) is 59.6 cm³/mol. The number of benzene rings is 1. The lowest BCUT2D eigenvalue weighted by atomic mass is 9.85. The molecule has 3 heteroatoms. The molecule has 2 heterocycles. The summed E-state index contributed by atoms with van der Waals surface area (Å²) < 4.78 is 11.0. The van der Waals surface area contributed by atoms with E-state index >= 15 is 0 Å². The Labute approximate surface area is 95.0 Å². The zero-order chi connectivity index (χ0) is 11.0. The van der Waals surface area contributed by atoms with Crippen molar-refractivity contribution in [3.8, 4) is 5.75 Å². The number of ether oxygens (including phenoxy) is 2. The lowest BCUT2D eigenvalue weighted by Crippen LogP contribution is -2.33. The minimum Gasteiger partial charge on any atom is -0.493 e. The van der Waals surface area contributed by atoms with Crippen molar-refractivity contribution in [3.05, 3.63) is 29.3 Å². The molecule has 1 aromatic rings. The normalized spacial score (nSPS) is 22.6. The summed E-state index contributed by atoms with van der Waals surface area (Å²) in [6.45, 7) is 1.99. The third kappa shape index (κ3) is 1.51. The van der Waals surface area contributed by atoms with Crippen LogP contribution in [0.25, 0.3) is 0 Å². The van der Waals surface area contributed by atoms with Crippen LogP contribution in [0, 0.1) is 0 Å². The first-order valence-electron chi connectivity index (χ1n) is 5.85. The Hall–Kier alpha value is -1.06. The van der Waals surface area contributed by atoms with Crippen LogP contribution in [0.4, 0.5) is 0 Å². The fourth-order valence-electron chi connectivity index (χ4n) is 2.56. The average Bonchev–Trinajstić information content (AvgIpc) is 2.77. The lowest BCUT2D eigenvalue weighted by molar-refractivity contribution is -0.0689. The minimum absolute atomic E-state index is 0.625. The van der Waals surface area contributed by atoms with Crippen LogP contribution in [0.5, 0.6) is 5.75 Å². The molecule has 2 aliphatic heterocycles. The fraction of sp³-hybridized carbons (Fsp3) is 0.538. The summed E-state index contributed by atoms with van der Waals surface area (Å²) in [5, 5.41) is 10.6. The summed E-state index contributed by atoms with van der Waals surface area (Å²) in [5.41, 5.74) is 1.41. The second-order valence-corrected chi connectivity index (χ2v) is 4.54. The highest BCUT2D eigenvalue weighted by Crippen LogP contribution is 2.41. The molecule has 2 aliphatic rings. The van der Waals surface area contributed by atoms with Crippen LogP contribution in [0.1, 0.15) is 24.0 Å². The van der Waals surface area contributed by atoms with Crippen molar-refractivity contribution in [2.75, 3.05) is 19.8 Å². The molecule has 0 amide bonds. The van der Waals surface area contributed by atoms with E-state index in [4.69, 9.17) is 9.47 Å². The summed E-state index contributed by atoms with van der Waals surface area (Å²) in [6, 6.07) is 6.07. The van der Waals surface area contributed by atoms with E-state index in [1.165, 1.54) is 5.56 Å². The van der Waals surface area contributed by atoms with Crippen LogP contribution in [0.2, 0.25) is 0 Å². The Morgan fingerprint density at radius 1 is 1.12 bits per heavy atom. The van der Waals surface area contributed by atoms with E-state index in [-0.39, 0.29) is 0 Å². The first-order valence-corrected chi connectivity index (χ1v) is 5.85. The van der Waals surface area contributed by atoms with Crippen LogP contribution in [-0.4, -0.2) is 24.9 Å². The molecule has 0 saturated carbocycles. The Morgan fingerprint density at radius 3 is 2.75 bits per heavy atom. The highest BCUT2D eigenvalue weighted by Gasteiger charge is 2.36. The minimum atomic E-state index is -0.756. The van der Waals surface area contributed by atoms with Crippen molar-refractivity contribution < 1.29 is 14.6 Å². The maximum Gasteiger partial charge on any atom is 0.128 e. The Morgan fingerprint density at radius 2 is 1.94 bits per heavy atom. The van der Waals surface area contributed by atoms with Crippen LogP contribution in [0.3, 0.4) is 0 Å². The second-order valence-electron chi connectivity index (χ2n) is 4.54. The molecule has 1 aromatic carbocycles. The van der Waals surface area contributed by atoms with Gasteiger partial charge < -0.3 is 14.6 Å². The van der Waals surface area contributed by atoms with Crippen LogP contribution < -0.4 is 4.74 Å². The topological polar surface area (TPSA) is 38.7 Å². The molecule has 86 valence electrons. The molecule has 1 saturated heterocycles. The summed E-state index contributed by atoms with van der Waals surface area (Å²) in [4.78, 5) is 0. The van der Waals surface area contributed by atoms with Crippen LogP contribution in [-0.2, 0) is 16.8 Å². The van der Waals surface area contributed by atoms with Gasteiger partial charge in [-0.15, -0.1) is 0 Å². The van der Waals surface area contributed by atoms with Crippen molar-refractivity contribution in [1.29, 1.82) is 0 Å². The maximum atomic E-state index is 10.6. The fourth-order valence-corrected chi connectivity index (χ4v) is 2.56. The smallest absolute Gasteiger partial charge is 0.128 e. The third-order valence-corrected chi connectivity index (χ3v) is 3.54. The van der Waals surface area contributed by atoms with Gasteiger partial charge in [-0.25, -0.2) is 0 Å². The van der Waals surface area contributed by atoms with Crippen molar-refractivity contribution in [2.24, 2.45) is 0 Å². The molecule has 3 rings (SSSR count). The first kappa shape index (κ1) is 10.1. The van der Waals surface area contributed by atoms with Crippen molar-refractivity contribution in [2.45, 2.75) is 24.9 Å². The number of fused-ring (bicyclic) bond motifs is 1. The van der Waals surface area contributed by atoms with Gasteiger partial charge in [0.05, 0.1) is 12.2 Å². The third-order valence-electron chi connectivity index (χ3n) is 3.54. The van der Waals surface area contributed by atoms with E-state index in [2.05, 4.69) is 6.07 Å². The van der Waals surface area contributed by atoms with Crippen LogP contribution >= 0.6 is 0 Å². The van der Waals surface area contributed by atoms with Crippen molar-refractivity contribution in [1.82, 2.24) is 0 Å². The molecule has 1 N–H and O–H groups in total. The quantitative estimate of drug-likeness (QED) is 0.781. The van der Waals surface area contributed by atoms with Gasteiger partial charge in [0.25, 0.3) is 0 Å². The van der Waals surface area contributed by atoms with Gasteiger partial charge in [0.2, 0.25) is 0 Å². The Bertz CT molecular complexity index is 394. The maximum absolute atomic E-state index is 10.6. The van der Waals surface area contributed by atoms with Crippen molar-refractivity contribution >= 4 is 0 Å². The van der Waals surface area contributed by atoms with Gasteiger partial charge in [-0.1, -0.05) is 18.2 Å². The number of hydrogen-bond donors (Lipinski definition) is 1. The molecular weight excluding hydrogens is 204 g/mol. The highest BCUT2D eigenvalue weighted by molar-refractivity contribution is 5.47. The summed E-state index contributed by atoms with van der Waals surface area (Å²) in [7, 11) is 0. The molecule has 0 bridgehead atoms. The van der Waals surface area contributed by atoms with Gasteiger partial charge in [0, 0.05) is 38.0 Å². The average molecular weight is 220 g/mol. The van der Waals surface area contributed by atoms with Crippen LogP contribution in [0.15, 0.2) is 18.2 Å². The van der Waals surface area contributed by atoms with E-state index in [1.54, 1.807) is 0 Å². The molecule has 3 nitrogen and oxygen atoms in total. The number of rotatable bonds is 1. The lowest BCUT2D eigenvalue weighted by Gasteiger charge is -2.33. The van der Waals surface area contributed by atoms with E-state index in [9.17, 15) is 5.11 Å². The van der Waals surface area contributed by atoms with Gasteiger partial charge in [-0.05, 0) is 5.56 Å². The van der Waals surface area contributed by atoms with E-state index < -0.39 is 5.60 Å². The zero-order valence-corrected chi connectivity index (χ0v) is 9.24. The predicted octanol–water partition coefficient (Wildman–Crippen LogP) is 1.62. The highest BCUT2D eigenvalue weighted by atomic mass is 16.5. The molecule has 0 radical (unpaired) electrons. The molecule has 1 fully saturated rings. The van der Waals surface area contributed by atoms with E-state index in [0.29, 0.717) is 26.1 Å². The van der Waals surface area contributed by atoms with Gasteiger partial charge in [-0.3, -0.25) is 0 Å². The van der Waals surface area contributed by atoms with Gasteiger partial charge in [0.1, 0.15) is 5.75 Å². The monoisotopic (exact) mass is 220 g/mol. The van der Waals surface area contributed by atoms with Gasteiger partial charge in [0.15, 0.2) is 0 Å². The first-order chi connectivity index (χ1) is 7.80. The van der Waals surface area contributed by atoms with E-state index in [0.717, 1.165) is 24.3 Å². The number of para-hydroxylation sites is 1. The summed E-state index contributed by atoms with van der Waals surface area (Å²) >= 11 is 0. The summed E-state index contributed by atoms with van der Waals surface area (Å²) in [5.74, 6) is 0.909. The molecule has 0 spiro atoms. The van der Waals surface area contributed by atoms with Gasteiger partial charge in [-0.2, -0.15) is 0 Å². The molecule has 0 aromatic heterocycles. The number of hydrogen-bond acceptors (Lipinski definition) is 3. The molecule has 0 atom stereocenters. The molecule has 0 aliphatic carbocycles. The number of aliphatic hydroxyl groups is 1. The SMILES string of the molecule is OC1(c2cccc3c2OCC3)CCOCC1. The largest absolute Gasteiger partial charge is 0.493 e. The molecular formula is C13H16O3. The summed E-state index contributed by atoms with van der Waals surface area (Å²) in [6.07, 6.45) is 2.27. The van der Waals surface area contributed by atoms with E-state index in [1.807, 2.05) is 12.1 Å². The second kappa shape index (κ2) is 3.75. The Kier molecular flexibility index (Phi) is 2.37.